The number of hydrogen-bond donors (Lipinski definition) is 1. The Morgan fingerprint density at radius 2 is 1.66 bits per heavy atom. The van der Waals surface area contributed by atoms with Crippen molar-refractivity contribution >= 4 is 49.9 Å². The molecule has 0 aliphatic heterocycles. The minimum Gasteiger partial charge on any atom is -0.267 e. The number of halogens is 1. The molecule has 1 amide bonds. The summed E-state index contributed by atoms with van der Waals surface area (Å²) in [5.41, 5.74) is 7.03. The van der Waals surface area contributed by atoms with Crippen LogP contribution < -0.4 is 9.73 Å². The molecule has 0 bridgehead atoms. The number of benzene rings is 3. The molecule has 0 saturated heterocycles. The lowest BCUT2D eigenvalue weighted by Crippen LogP contribution is -2.29. The van der Waals surface area contributed by atoms with Crippen LogP contribution >= 0.6 is 22.6 Å². The van der Waals surface area contributed by atoms with Gasteiger partial charge in [-0.25, -0.2) is 13.8 Å². The van der Waals surface area contributed by atoms with E-state index in [-0.39, 0.29) is 12.5 Å². The van der Waals surface area contributed by atoms with Gasteiger partial charge in [0.05, 0.1) is 24.2 Å². The van der Waals surface area contributed by atoms with E-state index in [1.807, 2.05) is 62.4 Å². The lowest BCUT2D eigenvalue weighted by Gasteiger charge is -2.22. The molecule has 3 aromatic rings. The summed E-state index contributed by atoms with van der Waals surface area (Å²) < 4.78 is 27.2. The van der Waals surface area contributed by atoms with Gasteiger partial charge in [-0.1, -0.05) is 42.0 Å². The molecule has 0 aliphatic carbocycles. The molecule has 32 heavy (non-hydrogen) atoms. The largest absolute Gasteiger partial charge is 0.271 e. The van der Waals surface area contributed by atoms with Crippen molar-refractivity contribution in [2.45, 2.75) is 20.4 Å². The number of carbonyl (C=O) groups excluding carboxylic acids is 1. The number of sulfonamides is 1. The van der Waals surface area contributed by atoms with Crippen molar-refractivity contribution in [3.8, 4) is 0 Å². The van der Waals surface area contributed by atoms with E-state index in [0.29, 0.717) is 17.0 Å². The zero-order valence-electron chi connectivity index (χ0n) is 18.0. The molecule has 0 radical (unpaired) electrons. The molecular weight excluding hydrogens is 537 g/mol. The van der Waals surface area contributed by atoms with Crippen molar-refractivity contribution in [1.82, 2.24) is 5.43 Å². The molecule has 0 atom stereocenters. The SMILES string of the molecule is C/C(=N/NC(=O)c1ccc(N(Cc2ccc(C)cc2)S(C)(=O)=O)cc1)c1cccc(I)c1. The number of nitrogens with one attached hydrogen (secondary N) is 1. The molecule has 0 unspecified atom stereocenters. The average Bonchev–Trinajstić information content (AvgIpc) is 2.76. The van der Waals surface area contributed by atoms with Crippen molar-refractivity contribution < 1.29 is 13.2 Å². The van der Waals surface area contributed by atoms with E-state index in [4.69, 9.17) is 0 Å². The third-order valence-corrected chi connectivity index (χ3v) is 6.64. The maximum absolute atomic E-state index is 12.5. The van der Waals surface area contributed by atoms with Crippen molar-refractivity contribution in [2.24, 2.45) is 5.10 Å². The molecule has 0 fully saturated rings. The Labute approximate surface area is 202 Å². The number of amides is 1. The molecule has 166 valence electrons. The molecule has 3 rings (SSSR count). The summed E-state index contributed by atoms with van der Waals surface area (Å²) in [6.45, 7) is 4.02. The fourth-order valence-electron chi connectivity index (χ4n) is 3.02. The predicted molar refractivity (Wildman–Crippen MR) is 137 cm³/mol. The molecule has 0 saturated carbocycles. The molecule has 0 aromatic heterocycles. The van der Waals surface area contributed by atoms with Crippen LogP contribution in [0.15, 0.2) is 77.9 Å². The Balaban J connectivity index is 1.75. The van der Waals surface area contributed by atoms with E-state index in [9.17, 15) is 13.2 Å². The monoisotopic (exact) mass is 561 g/mol. The van der Waals surface area contributed by atoms with E-state index in [1.165, 1.54) is 10.6 Å². The van der Waals surface area contributed by atoms with Crippen LogP contribution in [0, 0.1) is 10.5 Å². The summed E-state index contributed by atoms with van der Waals surface area (Å²) in [6.07, 6.45) is 1.17. The lowest BCUT2D eigenvalue weighted by atomic mass is 10.1. The van der Waals surface area contributed by atoms with Gasteiger partial charge in [0.25, 0.3) is 5.91 Å². The summed E-state index contributed by atoms with van der Waals surface area (Å²) in [5, 5.41) is 4.18. The smallest absolute Gasteiger partial charge is 0.267 e. The molecular formula is C24H24IN3O3S. The van der Waals surface area contributed by atoms with Gasteiger partial charge in [-0.2, -0.15) is 5.10 Å². The van der Waals surface area contributed by atoms with Gasteiger partial charge < -0.3 is 0 Å². The molecule has 8 heteroatoms. The van der Waals surface area contributed by atoms with Crippen molar-refractivity contribution in [1.29, 1.82) is 0 Å². The second-order valence-electron chi connectivity index (χ2n) is 7.45. The summed E-state index contributed by atoms with van der Waals surface area (Å²) in [6, 6.07) is 22.0. The van der Waals surface area contributed by atoms with Gasteiger partial charge in [0.2, 0.25) is 10.0 Å². The Bertz CT molecular complexity index is 1240. The minimum absolute atomic E-state index is 0.212. The average molecular weight is 561 g/mol. The number of carbonyl (C=O) groups is 1. The third kappa shape index (κ3) is 6.39. The number of anilines is 1. The highest BCUT2D eigenvalue weighted by molar-refractivity contribution is 14.1. The Hall–Kier alpha value is -2.72. The van der Waals surface area contributed by atoms with Crippen molar-refractivity contribution in [3.05, 3.63) is 98.6 Å². The first-order chi connectivity index (χ1) is 15.1. The van der Waals surface area contributed by atoms with E-state index in [2.05, 4.69) is 33.1 Å². The molecule has 3 aromatic carbocycles. The topological polar surface area (TPSA) is 78.8 Å². The second-order valence-corrected chi connectivity index (χ2v) is 10.6. The first kappa shape index (κ1) is 23.9. The third-order valence-electron chi connectivity index (χ3n) is 4.83. The molecule has 0 spiro atoms. The summed E-state index contributed by atoms with van der Waals surface area (Å²) >= 11 is 2.22. The van der Waals surface area contributed by atoms with E-state index in [1.54, 1.807) is 24.3 Å². The van der Waals surface area contributed by atoms with E-state index < -0.39 is 10.0 Å². The van der Waals surface area contributed by atoms with Crippen LogP contribution in [0.5, 0.6) is 0 Å². The van der Waals surface area contributed by atoms with Crippen LogP contribution in [-0.2, 0) is 16.6 Å². The van der Waals surface area contributed by atoms with Crippen LogP contribution in [-0.4, -0.2) is 26.3 Å². The molecule has 0 aliphatic rings. The van der Waals surface area contributed by atoms with E-state index >= 15 is 0 Å². The Morgan fingerprint density at radius 1 is 1.00 bits per heavy atom. The summed E-state index contributed by atoms with van der Waals surface area (Å²) in [4.78, 5) is 12.5. The quantitative estimate of drug-likeness (QED) is 0.258. The number of hydrogen-bond acceptors (Lipinski definition) is 4. The number of nitrogens with zero attached hydrogens (tertiary/aromatic N) is 2. The Kier molecular flexibility index (Phi) is 7.68. The molecule has 1 N–H and O–H groups in total. The first-order valence-electron chi connectivity index (χ1n) is 9.87. The highest BCUT2D eigenvalue weighted by atomic mass is 127. The molecule has 0 heterocycles. The van der Waals surface area contributed by atoms with Gasteiger partial charge in [-0.05, 0) is 84.0 Å². The minimum atomic E-state index is -3.50. The lowest BCUT2D eigenvalue weighted by molar-refractivity contribution is 0.0955. The number of aryl methyl sites for hydroxylation is 1. The standard InChI is InChI=1S/C24H24IN3O3S/c1-17-7-9-19(10-8-17)16-28(32(3,30)31)23-13-11-20(12-14-23)24(29)27-26-18(2)21-5-4-6-22(25)15-21/h4-15H,16H2,1-3H3,(H,27,29)/b26-18-. The maximum atomic E-state index is 12.5. The first-order valence-corrected chi connectivity index (χ1v) is 12.8. The van der Waals surface area contributed by atoms with Crippen molar-refractivity contribution in [3.63, 3.8) is 0 Å². The van der Waals surface area contributed by atoms with Crippen LogP contribution in [0.25, 0.3) is 0 Å². The zero-order valence-corrected chi connectivity index (χ0v) is 21.0. The summed E-state index contributed by atoms with van der Waals surface area (Å²) in [7, 11) is -3.50. The maximum Gasteiger partial charge on any atom is 0.271 e. The normalized spacial score (nSPS) is 11.8. The van der Waals surface area contributed by atoms with E-state index in [0.717, 1.165) is 20.3 Å². The van der Waals surface area contributed by atoms with Crippen LogP contribution in [0.3, 0.4) is 0 Å². The number of rotatable bonds is 7. The highest BCUT2D eigenvalue weighted by Gasteiger charge is 2.18. The molecule has 6 nitrogen and oxygen atoms in total. The van der Waals surface area contributed by atoms with Crippen LogP contribution in [0.1, 0.15) is 34.0 Å². The summed E-state index contributed by atoms with van der Waals surface area (Å²) in [5.74, 6) is -0.369. The highest BCUT2D eigenvalue weighted by Crippen LogP contribution is 2.21. The zero-order chi connectivity index (χ0) is 23.3. The fraction of sp³-hybridized carbons (Fsp3) is 0.167. The van der Waals surface area contributed by atoms with Crippen LogP contribution in [0.2, 0.25) is 0 Å². The van der Waals surface area contributed by atoms with Crippen molar-refractivity contribution in [2.75, 3.05) is 10.6 Å². The van der Waals surface area contributed by atoms with Gasteiger partial charge in [0.1, 0.15) is 0 Å². The Morgan fingerprint density at radius 3 is 2.25 bits per heavy atom. The fourth-order valence-corrected chi connectivity index (χ4v) is 4.45. The van der Waals surface area contributed by atoms with Gasteiger partial charge in [0.15, 0.2) is 0 Å². The van der Waals surface area contributed by atoms with Gasteiger partial charge >= 0.3 is 0 Å². The van der Waals surface area contributed by atoms with Gasteiger partial charge in [0, 0.05) is 9.13 Å². The van der Waals surface area contributed by atoms with Crippen LogP contribution in [0.4, 0.5) is 5.69 Å². The van der Waals surface area contributed by atoms with Gasteiger partial charge in [-0.3, -0.25) is 9.10 Å². The predicted octanol–water partition coefficient (Wildman–Crippen LogP) is 4.72. The second kappa shape index (κ2) is 10.3. The number of hydrazone groups is 1. The van der Waals surface area contributed by atoms with Gasteiger partial charge in [-0.15, -0.1) is 0 Å².